The van der Waals surface area contributed by atoms with E-state index in [0.29, 0.717) is 23.7 Å². The van der Waals surface area contributed by atoms with Crippen molar-refractivity contribution in [3.8, 4) is 0 Å². The van der Waals surface area contributed by atoms with E-state index in [4.69, 9.17) is 13.6 Å². The van der Waals surface area contributed by atoms with Crippen LogP contribution in [0.1, 0.15) is 102 Å². The fraction of sp³-hybridized carbons (Fsp3) is 0.935. The highest BCUT2D eigenvalue weighted by Gasteiger charge is 2.44. The van der Waals surface area contributed by atoms with Crippen LogP contribution in [0.25, 0.3) is 0 Å². The molecule has 36 heavy (non-hydrogen) atoms. The number of allylic oxidation sites excluding steroid dienone is 1. The van der Waals surface area contributed by atoms with Crippen LogP contribution in [0.2, 0.25) is 36.3 Å². The summed E-state index contributed by atoms with van der Waals surface area (Å²) in [6.45, 7) is 37.5. The molecular weight excluding hydrogens is 477 g/mol. The molecule has 0 saturated heterocycles. The van der Waals surface area contributed by atoms with Crippen LogP contribution in [0, 0.1) is 23.7 Å². The summed E-state index contributed by atoms with van der Waals surface area (Å²) in [7, 11) is -2.01. The van der Waals surface area contributed by atoms with Gasteiger partial charge >= 0.3 is 0 Å². The van der Waals surface area contributed by atoms with Gasteiger partial charge in [0.2, 0.25) is 0 Å². The zero-order valence-electron chi connectivity index (χ0n) is 27.5. The average Bonchev–Trinajstić information content (AvgIpc) is 2.72. The SMILES string of the molecule is CCC/C=C\C(C)C(O[Si](C)(C)C(C)(C)C)C(C)CC(C)C(O[Si](C)(C)C(C)(C)C)C(C)C(C)OC. The summed E-state index contributed by atoms with van der Waals surface area (Å²) in [4.78, 5) is 0. The first-order valence-corrected chi connectivity index (χ1v) is 20.5. The Morgan fingerprint density at radius 2 is 1.14 bits per heavy atom. The summed E-state index contributed by atoms with van der Waals surface area (Å²) in [6.07, 6.45) is 8.71. The van der Waals surface area contributed by atoms with Crippen LogP contribution in [0.15, 0.2) is 12.2 Å². The predicted molar refractivity (Wildman–Crippen MR) is 166 cm³/mol. The molecule has 3 nitrogen and oxygen atoms in total. The van der Waals surface area contributed by atoms with Crippen molar-refractivity contribution in [2.75, 3.05) is 7.11 Å². The Bertz CT molecular complexity index is 645. The van der Waals surface area contributed by atoms with E-state index in [0.717, 1.165) is 12.8 Å². The third kappa shape index (κ3) is 10.7. The summed E-state index contributed by atoms with van der Waals surface area (Å²) < 4.78 is 20.1. The maximum Gasteiger partial charge on any atom is 0.192 e. The summed E-state index contributed by atoms with van der Waals surface area (Å²) in [5, 5.41) is 0.374. The van der Waals surface area contributed by atoms with E-state index in [1.807, 2.05) is 7.11 Å². The molecule has 0 radical (unpaired) electrons. The largest absolute Gasteiger partial charge is 0.413 e. The number of hydrogen-bond acceptors (Lipinski definition) is 3. The monoisotopic (exact) mass is 542 g/mol. The van der Waals surface area contributed by atoms with E-state index in [9.17, 15) is 0 Å². The molecular formula is C31H66O3Si2. The lowest BCUT2D eigenvalue weighted by molar-refractivity contribution is -0.0218. The molecule has 0 bridgehead atoms. The maximum atomic E-state index is 7.15. The number of rotatable bonds is 15. The Kier molecular flexibility index (Phi) is 14.5. The molecule has 0 N–H and O–H groups in total. The third-order valence-corrected chi connectivity index (χ3v) is 18.3. The van der Waals surface area contributed by atoms with E-state index < -0.39 is 16.6 Å². The van der Waals surface area contributed by atoms with Crippen LogP contribution in [-0.4, -0.2) is 42.1 Å². The van der Waals surface area contributed by atoms with E-state index in [1.54, 1.807) is 0 Å². The second-order valence-electron chi connectivity index (χ2n) is 14.8. The van der Waals surface area contributed by atoms with Crippen LogP contribution in [0.3, 0.4) is 0 Å². The molecule has 0 amide bonds. The molecule has 5 heteroatoms. The molecule has 0 heterocycles. The molecule has 0 rings (SSSR count). The van der Waals surface area contributed by atoms with Crippen LogP contribution in [0.4, 0.5) is 0 Å². The van der Waals surface area contributed by atoms with E-state index in [-0.39, 0.29) is 28.4 Å². The van der Waals surface area contributed by atoms with Gasteiger partial charge in [-0.3, -0.25) is 0 Å². The highest BCUT2D eigenvalue weighted by Crippen LogP contribution is 2.42. The van der Waals surface area contributed by atoms with Crippen molar-refractivity contribution in [1.29, 1.82) is 0 Å². The number of unbranched alkanes of at least 4 members (excludes halogenated alkanes) is 1. The van der Waals surface area contributed by atoms with E-state index in [2.05, 4.69) is 121 Å². The molecule has 0 aromatic carbocycles. The Morgan fingerprint density at radius 3 is 1.53 bits per heavy atom. The van der Waals surface area contributed by atoms with Gasteiger partial charge in [0.15, 0.2) is 16.6 Å². The molecule has 7 atom stereocenters. The van der Waals surface area contributed by atoms with Gasteiger partial charge in [-0.2, -0.15) is 0 Å². The Hall–Kier alpha value is 0.0538. The van der Waals surface area contributed by atoms with Crippen molar-refractivity contribution < 1.29 is 13.6 Å². The highest BCUT2D eigenvalue weighted by atomic mass is 28.4. The Balaban J connectivity index is 6.08. The van der Waals surface area contributed by atoms with Crippen molar-refractivity contribution >= 4 is 16.6 Å². The molecule has 0 aliphatic carbocycles. The van der Waals surface area contributed by atoms with Crippen molar-refractivity contribution in [3.63, 3.8) is 0 Å². The Morgan fingerprint density at radius 1 is 0.722 bits per heavy atom. The normalized spacial score (nSPS) is 20.1. The predicted octanol–water partition coefficient (Wildman–Crippen LogP) is 10.1. The van der Waals surface area contributed by atoms with Gasteiger partial charge in [-0.25, -0.2) is 0 Å². The second kappa shape index (κ2) is 14.4. The minimum Gasteiger partial charge on any atom is -0.413 e. The van der Waals surface area contributed by atoms with E-state index in [1.165, 1.54) is 6.42 Å². The van der Waals surface area contributed by atoms with Crippen molar-refractivity contribution in [3.05, 3.63) is 12.2 Å². The van der Waals surface area contributed by atoms with Crippen molar-refractivity contribution in [1.82, 2.24) is 0 Å². The van der Waals surface area contributed by atoms with Crippen LogP contribution >= 0.6 is 0 Å². The number of hydrogen-bond donors (Lipinski definition) is 0. The first-order chi connectivity index (χ1) is 16.1. The molecule has 0 fully saturated rings. The molecule has 0 aromatic heterocycles. The molecule has 0 aliphatic heterocycles. The smallest absolute Gasteiger partial charge is 0.192 e. The van der Waals surface area contributed by atoms with Gasteiger partial charge in [-0.05, 0) is 73.8 Å². The van der Waals surface area contributed by atoms with Crippen molar-refractivity contribution in [2.45, 2.75) is 157 Å². The van der Waals surface area contributed by atoms with Gasteiger partial charge in [-0.15, -0.1) is 0 Å². The summed E-state index contributed by atoms with van der Waals surface area (Å²) >= 11 is 0. The topological polar surface area (TPSA) is 27.7 Å². The van der Waals surface area contributed by atoms with E-state index >= 15 is 0 Å². The lowest BCUT2D eigenvalue weighted by atomic mass is 9.81. The van der Waals surface area contributed by atoms with Gasteiger partial charge in [0, 0.05) is 13.0 Å². The Labute approximate surface area is 229 Å². The van der Waals surface area contributed by atoms with Crippen molar-refractivity contribution in [2.24, 2.45) is 23.7 Å². The van der Waals surface area contributed by atoms with Crippen LogP contribution < -0.4 is 0 Å². The van der Waals surface area contributed by atoms with Gasteiger partial charge in [-0.1, -0.05) is 94.7 Å². The second-order valence-corrected chi connectivity index (χ2v) is 24.3. The minimum atomic E-state index is -1.93. The summed E-state index contributed by atoms with van der Waals surface area (Å²) in [5.74, 6) is 1.57. The summed E-state index contributed by atoms with van der Waals surface area (Å²) in [6, 6.07) is 0. The number of methoxy groups -OCH3 is 1. The third-order valence-electron chi connectivity index (χ3n) is 9.38. The molecule has 0 saturated carbocycles. The minimum absolute atomic E-state index is 0.160. The van der Waals surface area contributed by atoms with Crippen LogP contribution in [-0.2, 0) is 13.6 Å². The lowest BCUT2D eigenvalue weighted by Crippen LogP contribution is -2.50. The highest BCUT2D eigenvalue weighted by molar-refractivity contribution is 6.74. The first-order valence-electron chi connectivity index (χ1n) is 14.7. The molecule has 7 unspecified atom stereocenters. The quantitative estimate of drug-likeness (QED) is 0.152. The zero-order valence-corrected chi connectivity index (χ0v) is 29.5. The zero-order chi connectivity index (χ0) is 28.7. The van der Waals surface area contributed by atoms with Gasteiger partial charge in [0.1, 0.15) is 0 Å². The number of ether oxygens (including phenoxy) is 1. The summed E-state index contributed by atoms with van der Waals surface area (Å²) in [5.41, 5.74) is 0. The first kappa shape index (κ1) is 36.1. The average molecular weight is 543 g/mol. The fourth-order valence-electron chi connectivity index (χ4n) is 4.44. The maximum absolute atomic E-state index is 7.15. The molecule has 0 aliphatic rings. The lowest BCUT2D eigenvalue weighted by Gasteiger charge is -2.45. The standard InChI is InChI=1S/C31H66O3Si2/c1-18-19-20-21-23(2)28(33-35(14,15)30(7,8)9)24(3)22-25(4)29(26(5)27(6)32-13)34-36(16,17)31(10,11)12/h20-21,23-29H,18-19,22H2,1-17H3/b21-20-. The fourth-order valence-corrected chi connectivity index (χ4v) is 7.40. The molecule has 0 spiro atoms. The van der Waals surface area contributed by atoms with Crippen LogP contribution in [0.5, 0.6) is 0 Å². The van der Waals surface area contributed by atoms with Gasteiger partial charge < -0.3 is 13.6 Å². The van der Waals surface area contributed by atoms with Gasteiger partial charge in [0.25, 0.3) is 0 Å². The molecule has 216 valence electrons. The molecule has 0 aromatic rings. The van der Waals surface area contributed by atoms with Gasteiger partial charge in [0.05, 0.1) is 18.3 Å².